The minimum atomic E-state index is -0.109. The number of hydrogen-bond donors (Lipinski definition) is 1. The summed E-state index contributed by atoms with van der Waals surface area (Å²) in [5, 5.41) is 9.17. The molecule has 14 heavy (non-hydrogen) atoms. The molecule has 1 N–H and O–H groups in total. The fraction of sp³-hybridized carbons (Fsp3) is 0.455. The Labute approximate surface area is 92.7 Å². The molecule has 0 radical (unpaired) electrons. The van der Waals surface area contributed by atoms with E-state index in [-0.39, 0.29) is 6.10 Å². The molecule has 1 aliphatic rings. The normalized spacial score (nSPS) is 18.2. The second-order valence-corrected chi connectivity index (χ2v) is 4.73. The van der Waals surface area contributed by atoms with Crippen molar-refractivity contribution in [3.8, 4) is 0 Å². The lowest BCUT2D eigenvalue weighted by Gasteiger charge is -2.36. The summed E-state index contributed by atoms with van der Waals surface area (Å²) in [7, 11) is 0. The Kier molecular flexibility index (Phi) is 2.91. The quantitative estimate of drug-likeness (QED) is 0.874. The van der Waals surface area contributed by atoms with Gasteiger partial charge in [-0.25, -0.2) is 0 Å². The maximum absolute atomic E-state index is 9.17. The molecular formula is C11H14BrNO. The Morgan fingerprint density at radius 3 is 2.86 bits per heavy atom. The average Bonchev–Trinajstić information content (AvgIpc) is 2.10. The van der Waals surface area contributed by atoms with E-state index >= 15 is 0 Å². The summed E-state index contributed by atoms with van der Waals surface area (Å²) in [6.07, 6.45) is -0.109. The summed E-state index contributed by atoms with van der Waals surface area (Å²) in [6, 6.07) is 6.26. The third-order valence-corrected chi connectivity index (χ3v) is 3.57. The van der Waals surface area contributed by atoms with Gasteiger partial charge in [0.15, 0.2) is 0 Å². The molecule has 0 aliphatic carbocycles. The van der Waals surface area contributed by atoms with Crippen molar-refractivity contribution < 1.29 is 5.11 Å². The van der Waals surface area contributed by atoms with Gasteiger partial charge in [-0.3, -0.25) is 4.90 Å². The first-order chi connectivity index (χ1) is 6.66. The van der Waals surface area contributed by atoms with Gasteiger partial charge in [-0.15, -0.1) is 0 Å². The van der Waals surface area contributed by atoms with E-state index in [9.17, 15) is 0 Å². The van der Waals surface area contributed by atoms with Crippen LogP contribution in [0.15, 0.2) is 22.7 Å². The molecule has 0 aromatic heterocycles. The molecule has 1 aromatic rings. The van der Waals surface area contributed by atoms with Gasteiger partial charge in [-0.05, 0) is 24.1 Å². The van der Waals surface area contributed by atoms with Crippen LogP contribution in [0.4, 0.5) is 0 Å². The number of nitrogens with zero attached hydrogens (tertiary/aromatic N) is 1. The average molecular weight is 256 g/mol. The van der Waals surface area contributed by atoms with Crippen molar-refractivity contribution in [3.63, 3.8) is 0 Å². The van der Waals surface area contributed by atoms with Crippen molar-refractivity contribution in [1.29, 1.82) is 0 Å². The second-order valence-electron chi connectivity index (χ2n) is 3.87. The van der Waals surface area contributed by atoms with E-state index in [0.29, 0.717) is 0 Å². The van der Waals surface area contributed by atoms with E-state index in [1.165, 1.54) is 11.1 Å². The predicted molar refractivity (Wildman–Crippen MR) is 60.2 cm³/mol. The van der Waals surface area contributed by atoms with E-state index in [2.05, 4.69) is 46.0 Å². The van der Waals surface area contributed by atoms with Crippen LogP contribution in [0.2, 0.25) is 0 Å². The lowest BCUT2D eigenvalue weighted by Crippen LogP contribution is -2.49. The van der Waals surface area contributed by atoms with Crippen molar-refractivity contribution in [3.05, 3.63) is 33.8 Å². The van der Waals surface area contributed by atoms with Crippen molar-refractivity contribution in [1.82, 2.24) is 4.90 Å². The highest BCUT2D eigenvalue weighted by Gasteiger charge is 2.24. The number of benzene rings is 1. The number of hydrogen-bond acceptors (Lipinski definition) is 2. The first kappa shape index (κ1) is 10.1. The molecule has 1 heterocycles. The van der Waals surface area contributed by atoms with Gasteiger partial charge in [0.05, 0.1) is 6.10 Å². The summed E-state index contributed by atoms with van der Waals surface area (Å²) in [4.78, 5) is 2.25. The lowest BCUT2D eigenvalue weighted by atomic mass is 10.1. The van der Waals surface area contributed by atoms with E-state index in [1.807, 2.05) is 0 Å². The van der Waals surface area contributed by atoms with Gasteiger partial charge in [0.25, 0.3) is 0 Å². The summed E-state index contributed by atoms with van der Waals surface area (Å²) >= 11 is 3.52. The summed E-state index contributed by atoms with van der Waals surface area (Å²) in [6.45, 7) is 4.69. The summed E-state index contributed by atoms with van der Waals surface area (Å²) in [5.41, 5.74) is 2.64. The Morgan fingerprint density at radius 1 is 1.50 bits per heavy atom. The third-order valence-electron chi connectivity index (χ3n) is 2.71. The Balaban J connectivity index is 2.06. The van der Waals surface area contributed by atoms with Crippen LogP contribution < -0.4 is 0 Å². The number of halogens is 1. The zero-order valence-electron chi connectivity index (χ0n) is 8.20. The van der Waals surface area contributed by atoms with Gasteiger partial charge < -0.3 is 5.11 Å². The van der Waals surface area contributed by atoms with Crippen molar-refractivity contribution in [2.24, 2.45) is 0 Å². The van der Waals surface area contributed by atoms with Gasteiger partial charge in [0.2, 0.25) is 0 Å². The van der Waals surface area contributed by atoms with Crippen LogP contribution in [0.1, 0.15) is 11.1 Å². The van der Waals surface area contributed by atoms with Crippen LogP contribution in [0, 0.1) is 6.92 Å². The molecule has 2 rings (SSSR count). The first-order valence-electron chi connectivity index (χ1n) is 4.81. The molecule has 0 saturated carbocycles. The zero-order chi connectivity index (χ0) is 10.1. The number of aliphatic hydroxyl groups is 1. The molecule has 1 aliphatic heterocycles. The van der Waals surface area contributed by atoms with Crippen LogP contribution >= 0.6 is 15.9 Å². The van der Waals surface area contributed by atoms with E-state index < -0.39 is 0 Å². The molecule has 3 heteroatoms. The highest BCUT2D eigenvalue weighted by atomic mass is 79.9. The number of aliphatic hydroxyl groups excluding tert-OH is 1. The Bertz CT molecular complexity index is 334. The molecule has 0 spiro atoms. The maximum atomic E-state index is 9.17. The van der Waals surface area contributed by atoms with Crippen LogP contribution in [0.5, 0.6) is 0 Å². The third kappa shape index (κ3) is 2.00. The van der Waals surface area contributed by atoms with Gasteiger partial charge in [0.1, 0.15) is 0 Å². The largest absolute Gasteiger partial charge is 0.390 e. The highest BCUT2D eigenvalue weighted by molar-refractivity contribution is 9.10. The SMILES string of the molecule is Cc1c(Br)cccc1CN1CC(O)C1. The van der Waals surface area contributed by atoms with Crippen molar-refractivity contribution >= 4 is 15.9 Å². The maximum Gasteiger partial charge on any atom is 0.0794 e. The van der Waals surface area contributed by atoms with E-state index in [0.717, 1.165) is 24.1 Å². The topological polar surface area (TPSA) is 23.5 Å². The monoisotopic (exact) mass is 255 g/mol. The van der Waals surface area contributed by atoms with E-state index in [1.54, 1.807) is 0 Å². The molecule has 2 nitrogen and oxygen atoms in total. The minimum absolute atomic E-state index is 0.109. The number of β-amino-alcohol motifs (C(OH)–C–C–N with tert-alkyl or cyclic N) is 1. The molecular weight excluding hydrogens is 242 g/mol. The molecule has 0 atom stereocenters. The van der Waals surface area contributed by atoms with Crippen LogP contribution in [-0.4, -0.2) is 29.2 Å². The van der Waals surface area contributed by atoms with Crippen LogP contribution in [0.3, 0.4) is 0 Å². The van der Waals surface area contributed by atoms with Gasteiger partial charge in [0, 0.05) is 24.1 Å². The van der Waals surface area contributed by atoms with Gasteiger partial charge >= 0.3 is 0 Å². The molecule has 1 fully saturated rings. The Hall–Kier alpha value is -0.380. The predicted octanol–water partition coefficient (Wildman–Crippen LogP) is 1.93. The minimum Gasteiger partial charge on any atom is -0.390 e. The van der Waals surface area contributed by atoms with Crippen molar-refractivity contribution in [2.75, 3.05) is 13.1 Å². The smallest absolute Gasteiger partial charge is 0.0794 e. The Morgan fingerprint density at radius 2 is 2.21 bits per heavy atom. The second kappa shape index (κ2) is 4.01. The molecule has 76 valence electrons. The van der Waals surface area contributed by atoms with Crippen molar-refractivity contribution in [2.45, 2.75) is 19.6 Å². The molecule has 0 amide bonds. The fourth-order valence-corrected chi connectivity index (χ4v) is 2.14. The molecule has 0 bridgehead atoms. The molecule has 1 saturated heterocycles. The van der Waals surface area contributed by atoms with Gasteiger partial charge in [-0.2, -0.15) is 0 Å². The highest BCUT2D eigenvalue weighted by Crippen LogP contribution is 2.22. The fourth-order valence-electron chi connectivity index (χ4n) is 1.74. The molecule has 0 unspecified atom stereocenters. The van der Waals surface area contributed by atoms with Crippen LogP contribution in [-0.2, 0) is 6.54 Å². The molecule has 1 aromatic carbocycles. The first-order valence-corrected chi connectivity index (χ1v) is 5.60. The summed E-state index contributed by atoms with van der Waals surface area (Å²) < 4.78 is 1.16. The van der Waals surface area contributed by atoms with Gasteiger partial charge in [-0.1, -0.05) is 28.1 Å². The zero-order valence-corrected chi connectivity index (χ0v) is 9.79. The number of rotatable bonds is 2. The summed E-state index contributed by atoms with van der Waals surface area (Å²) in [5.74, 6) is 0. The lowest BCUT2D eigenvalue weighted by molar-refractivity contribution is -0.00297. The van der Waals surface area contributed by atoms with E-state index in [4.69, 9.17) is 5.11 Å². The van der Waals surface area contributed by atoms with Crippen LogP contribution in [0.25, 0.3) is 0 Å². The number of likely N-dealkylation sites (tertiary alicyclic amines) is 1. The standard InChI is InChI=1S/C11H14BrNO/c1-8-9(3-2-4-11(8)12)5-13-6-10(14)7-13/h2-4,10,14H,5-7H2,1H3.